The molecule has 29 heavy (non-hydrogen) atoms. The molecule has 3 rings (SSSR count). The van der Waals surface area contributed by atoms with E-state index in [9.17, 15) is 0 Å². The van der Waals surface area contributed by atoms with Gasteiger partial charge in [-0.2, -0.15) is 0 Å². The minimum atomic E-state index is 0.567. The van der Waals surface area contributed by atoms with Crippen LogP contribution in [-0.4, -0.2) is 42.8 Å². The molecular formula is C22H29N5O2. The maximum absolute atomic E-state index is 5.68. The van der Waals surface area contributed by atoms with Gasteiger partial charge in [-0.1, -0.05) is 13.8 Å². The van der Waals surface area contributed by atoms with Crippen LogP contribution in [0, 0.1) is 0 Å². The van der Waals surface area contributed by atoms with E-state index in [1.165, 1.54) is 0 Å². The van der Waals surface area contributed by atoms with Crippen LogP contribution in [0.1, 0.15) is 31.9 Å². The largest absolute Gasteiger partial charge is 0.496 e. The highest BCUT2D eigenvalue weighted by Crippen LogP contribution is 2.41. The Kier molecular flexibility index (Phi) is 6.36. The van der Waals surface area contributed by atoms with E-state index in [4.69, 9.17) is 14.5 Å². The molecular weight excluding hydrogens is 366 g/mol. The molecule has 1 aromatic carbocycles. The molecule has 0 aliphatic carbocycles. The van der Waals surface area contributed by atoms with Crippen molar-refractivity contribution in [3.8, 4) is 22.8 Å². The summed E-state index contributed by atoms with van der Waals surface area (Å²) in [6.07, 6.45) is 3.47. The molecule has 0 radical (unpaired) electrons. The standard InChI is InChI=1S/C22H29N5O2/c1-7-14-17(28-5)11-18(29-6)15(8-2)19(14)16-10-13-12-25-22(23-4)27-20(13)21(26-16)24-9-3/h10-12H,7-9H2,1-6H3,(H,24,26)(H,23,25,27). The number of nitrogens with zero attached hydrogens (tertiary/aromatic N) is 3. The predicted octanol–water partition coefficient (Wildman–Crippen LogP) is 4.31. The molecule has 0 atom stereocenters. The lowest BCUT2D eigenvalue weighted by atomic mass is 9.92. The molecule has 0 unspecified atom stereocenters. The zero-order chi connectivity index (χ0) is 21.0. The second-order valence-corrected chi connectivity index (χ2v) is 6.59. The second kappa shape index (κ2) is 8.94. The van der Waals surface area contributed by atoms with Gasteiger partial charge in [0, 0.05) is 47.9 Å². The van der Waals surface area contributed by atoms with Gasteiger partial charge in [0.1, 0.15) is 17.0 Å². The average molecular weight is 396 g/mol. The molecule has 0 spiro atoms. The van der Waals surface area contributed by atoms with Gasteiger partial charge in [0.25, 0.3) is 0 Å². The van der Waals surface area contributed by atoms with Crippen molar-refractivity contribution in [2.75, 3.05) is 38.4 Å². The maximum Gasteiger partial charge on any atom is 0.223 e. The Labute approximate surface area is 171 Å². The van der Waals surface area contributed by atoms with E-state index in [0.717, 1.165) is 70.0 Å². The van der Waals surface area contributed by atoms with Crippen molar-refractivity contribution in [2.45, 2.75) is 33.6 Å². The molecule has 3 aromatic rings. The summed E-state index contributed by atoms with van der Waals surface area (Å²) in [5.41, 5.74) is 4.95. The number of anilines is 2. The summed E-state index contributed by atoms with van der Waals surface area (Å²) in [5.74, 6) is 2.93. The molecule has 0 amide bonds. The van der Waals surface area contributed by atoms with Crippen LogP contribution in [0.25, 0.3) is 22.2 Å². The number of hydrogen-bond acceptors (Lipinski definition) is 7. The molecule has 0 saturated heterocycles. The molecule has 2 N–H and O–H groups in total. The summed E-state index contributed by atoms with van der Waals surface area (Å²) >= 11 is 0. The second-order valence-electron chi connectivity index (χ2n) is 6.59. The van der Waals surface area contributed by atoms with E-state index in [1.807, 2.05) is 25.3 Å². The number of methoxy groups -OCH3 is 2. The highest BCUT2D eigenvalue weighted by atomic mass is 16.5. The first kappa shape index (κ1) is 20.6. The number of nitrogens with one attached hydrogen (secondary N) is 2. The van der Waals surface area contributed by atoms with Crippen LogP contribution in [-0.2, 0) is 12.8 Å². The smallest absolute Gasteiger partial charge is 0.223 e. The van der Waals surface area contributed by atoms with E-state index in [1.54, 1.807) is 21.3 Å². The summed E-state index contributed by atoms with van der Waals surface area (Å²) in [7, 11) is 5.18. The van der Waals surface area contributed by atoms with Crippen molar-refractivity contribution in [2.24, 2.45) is 0 Å². The summed E-state index contributed by atoms with van der Waals surface area (Å²) < 4.78 is 11.4. The third-order valence-electron chi connectivity index (χ3n) is 5.00. The van der Waals surface area contributed by atoms with Gasteiger partial charge in [0.05, 0.1) is 19.9 Å². The van der Waals surface area contributed by atoms with Crippen LogP contribution in [0.15, 0.2) is 18.3 Å². The quantitative estimate of drug-likeness (QED) is 0.588. The summed E-state index contributed by atoms with van der Waals surface area (Å²) in [6, 6.07) is 4.01. The number of rotatable bonds is 8. The number of benzene rings is 1. The van der Waals surface area contributed by atoms with Crippen molar-refractivity contribution in [1.29, 1.82) is 0 Å². The SMILES string of the molecule is CCNc1nc(-c2c(CC)c(OC)cc(OC)c2CC)cc2cnc(NC)nc12. The van der Waals surface area contributed by atoms with Gasteiger partial charge < -0.3 is 20.1 Å². The number of aromatic nitrogens is 3. The molecule has 0 bridgehead atoms. The van der Waals surface area contributed by atoms with Crippen LogP contribution in [0.3, 0.4) is 0 Å². The summed E-state index contributed by atoms with van der Waals surface area (Å²) in [6.45, 7) is 7.04. The maximum atomic E-state index is 5.68. The van der Waals surface area contributed by atoms with Gasteiger partial charge in [0.15, 0.2) is 5.82 Å². The number of hydrogen-bond donors (Lipinski definition) is 2. The molecule has 0 aliphatic rings. The molecule has 7 heteroatoms. The lowest BCUT2D eigenvalue weighted by molar-refractivity contribution is 0.389. The van der Waals surface area contributed by atoms with Crippen LogP contribution in [0.2, 0.25) is 0 Å². The Morgan fingerprint density at radius 3 is 2.10 bits per heavy atom. The summed E-state index contributed by atoms with van der Waals surface area (Å²) in [5, 5.41) is 7.27. The minimum Gasteiger partial charge on any atom is -0.496 e. The van der Waals surface area contributed by atoms with Crippen LogP contribution >= 0.6 is 0 Å². The van der Waals surface area contributed by atoms with Gasteiger partial charge in [-0.15, -0.1) is 0 Å². The first-order valence-electron chi connectivity index (χ1n) is 9.98. The number of ether oxygens (including phenoxy) is 2. The van der Waals surface area contributed by atoms with E-state index < -0.39 is 0 Å². The van der Waals surface area contributed by atoms with Crippen molar-refractivity contribution < 1.29 is 9.47 Å². The fraction of sp³-hybridized carbons (Fsp3) is 0.409. The lowest BCUT2D eigenvalue weighted by Crippen LogP contribution is -2.07. The summed E-state index contributed by atoms with van der Waals surface area (Å²) in [4.78, 5) is 14.0. The van der Waals surface area contributed by atoms with Crippen molar-refractivity contribution in [3.63, 3.8) is 0 Å². The molecule has 2 heterocycles. The predicted molar refractivity (Wildman–Crippen MR) is 118 cm³/mol. The van der Waals surface area contributed by atoms with Crippen molar-refractivity contribution in [1.82, 2.24) is 15.0 Å². The molecule has 2 aromatic heterocycles. The fourth-order valence-corrected chi connectivity index (χ4v) is 3.68. The van der Waals surface area contributed by atoms with Crippen LogP contribution < -0.4 is 20.1 Å². The van der Waals surface area contributed by atoms with Gasteiger partial charge >= 0.3 is 0 Å². The third-order valence-corrected chi connectivity index (χ3v) is 5.00. The van der Waals surface area contributed by atoms with Gasteiger partial charge in [-0.05, 0) is 25.8 Å². The van der Waals surface area contributed by atoms with E-state index in [-0.39, 0.29) is 0 Å². The first-order valence-corrected chi connectivity index (χ1v) is 9.98. The Hall–Kier alpha value is -3.09. The highest BCUT2D eigenvalue weighted by molar-refractivity contribution is 5.92. The molecule has 0 saturated carbocycles. The highest BCUT2D eigenvalue weighted by Gasteiger charge is 2.21. The van der Waals surface area contributed by atoms with Crippen molar-refractivity contribution in [3.05, 3.63) is 29.5 Å². The normalized spacial score (nSPS) is 10.8. The lowest BCUT2D eigenvalue weighted by Gasteiger charge is -2.20. The van der Waals surface area contributed by atoms with Gasteiger partial charge in [-0.25, -0.2) is 15.0 Å². The molecule has 154 valence electrons. The topological polar surface area (TPSA) is 81.2 Å². The minimum absolute atomic E-state index is 0.567. The fourth-order valence-electron chi connectivity index (χ4n) is 3.68. The Bertz CT molecular complexity index is 990. The van der Waals surface area contributed by atoms with Crippen LogP contribution in [0.4, 0.5) is 11.8 Å². The van der Waals surface area contributed by atoms with Gasteiger partial charge in [0.2, 0.25) is 5.95 Å². The zero-order valence-electron chi connectivity index (χ0n) is 18.0. The Morgan fingerprint density at radius 1 is 0.931 bits per heavy atom. The number of fused-ring (bicyclic) bond motifs is 1. The molecule has 0 fully saturated rings. The van der Waals surface area contributed by atoms with E-state index >= 15 is 0 Å². The van der Waals surface area contributed by atoms with Gasteiger partial charge in [-0.3, -0.25) is 0 Å². The molecule has 7 nitrogen and oxygen atoms in total. The van der Waals surface area contributed by atoms with E-state index in [2.05, 4.69) is 34.4 Å². The first-order chi connectivity index (χ1) is 14.1. The average Bonchev–Trinajstić information content (AvgIpc) is 2.77. The van der Waals surface area contributed by atoms with Crippen molar-refractivity contribution >= 4 is 22.7 Å². The molecule has 0 aliphatic heterocycles. The Morgan fingerprint density at radius 2 is 1.59 bits per heavy atom. The Balaban J connectivity index is 2.37. The van der Waals surface area contributed by atoms with E-state index in [0.29, 0.717) is 5.95 Å². The third kappa shape index (κ3) is 3.77. The number of pyridine rings is 1. The zero-order valence-corrected chi connectivity index (χ0v) is 18.0. The monoisotopic (exact) mass is 395 g/mol. The van der Waals surface area contributed by atoms with Crippen LogP contribution in [0.5, 0.6) is 11.5 Å².